The summed E-state index contributed by atoms with van der Waals surface area (Å²) in [6, 6.07) is 13.6. The van der Waals surface area contributed by atoms with Gasteiger partial charge in [-0.15, -0.1) is 0 Å². The number of nitrogens with zero attached hydrogens (tertiary/aromatic N) is 2. The molecule has 4 heteroatoms. The number of piperazine rings is 1. The number of ether oxygens (including phenoxy) is 1. The van der Waals surface area contributed by atoms with Crippen LogP contribution in [0.1, 0.15) is 19.3 Å². The summed E-state index contributed by atoms with van der Waals surface area (Å²) in [5, 5.41) is 6.15. The zero-order chi connectivity index (χ0) is 17.1. The molecule has 2 aliphatic heterocycles. The van der Waals surface area contributed by atoms with Crippen molar-refractivity contribution in [1.82, 2.24) is 10.2 Å². The van der Waals surface area contributed by atoms with Gasteiger partial charge in [0, 0.05) is 43.3 Å². The maximum Gasteiger partial charge on any atom is 0.120 e. The number of hydrogen-bond acceptors (Lipinski definition) is 4. The molecule has 25 heavy (non-hydrogen) atoms. The molecule has 2 aromatic carbocycles. The van der Waals surface area contributed by atoms with Gasteiger partial charge in [-0.05, 0) is 50.0 Å². The highest BCUT2D eigenvalue weighted by Crippen LogP contribution is 2.31. The lowest BCUT2D eigenvalue weighted by atomic mass is 10.1. The quantitative estimate of drug-likeness (QED) is 0.926. The molecule has 0 saturated carbocycles. The second-order valence-electron chi connectivity index (χ2n) is 7.41. The number of hydrogen-bond donors (Lipinski definition) is 1. The summed E-state index contributed by atoms with van der Waals surface area (Å²) in [5.41, 5.74) is 1.34. The Hall–Kier alpha value is -1.78. The Morgan fingerprint density at radius 1 is 1.08 bits per heavy atom. The minimum Gasteiger partial charge on any atom is -0.492 e. The third-order valence-corrected chi connectivity index (χ3v) is 5.54. The molecule has 1 atom stereocenters. The molecule has 134 valence electrons. The molecular weight excluding hydrogens is 310 g/mol. The van der Waals surface area contributed by atoms with Crippen molar-refractivity contribution in [2.75, 3.05) is 51.3 Å². The molecule has 0 aliphatic carbocycles. The zero-order valence-electron chi connectivity index (χ0n) is 15.2. The van der Waals surface area contributed by atoms with E-state index in [1.807, 2.05) is 0 Å². The van der Waals surface area contributed by atoms with Gasteiger partial charge >= 0.3 is 0 Å². The highest BCUT2D eigenvalue weighted by Gasteiger charge is 2.17. The molecule has 0 amide bonds. The fourth-order valence-corrected chi connectivity index (χ4v) is 3.91. The van der Waals surface area contributed by atoms with Crippen molar-refractivity contribution in [3.05, 3.63) is 36.4 Å². The van der Waals surface area contributed by atoms with E-state index in [0.717, 1.165) is 45.1 Å². The van der Waals surface area contributed by atoms with E-state index in [4.69, 9.17) is 4.74 Å². The van der Waals surface area contributed by atoms with E-state index in [2.05, 4.69) is 58.6 Å². The van der Waals surface area contributed by atoms with E-state index in [-0.39, 0.29) is 0 Å². The van der Waals surface area contributed by atoms with Crippen LogP contribution in [0.4, 0.5) is 5.69 Å². The van der Waals surface area contributed by atoms with Crippen LogP contribution in [0, 0.1) is 0 Å². The maximum absolute atomic E-state index is 6.12. The Morgan fingerprint density at radius 3 is 2.76 bits per heavy atom. The number of anilines is 1. The van der Waals surface area contributed by atoms with E-state index >= 15 is 0 Å². The third kappa shape index (κ3) is 3.91. The fourth-order valence-electron chi connectivity index (χ4n) is 3.91. The summed E-state index contributed by atoms with van der Waals surface area (Å²) < 4.78 is 6.12. The number of rotatable bonds is 4. The first-order valence-electron chi connectivity index (χ1n) is 9.62. The average molecular weight is 339 g/mol. The lowest BCUT2D eigenvalue weighted by Gasteiger charge is -2.34. The van der Waals surface area contributed by atoms with E-state index in [0.29, 0.717) is 6.04 Å². The molecule has 2 aliphatic rings. The van der Waals surface area contributed by atoms with Gasteiger partial charge < -0.3 is 19.9 Å². The summed E-state index contributed by atoms with van der Waals surface area (Å²) in [6.45, 7) is 6.32. The van der Waals surface area contributed by atoms with E-state index in [9.17, 15) is 0 Å². The number of benzene rings is 2. The Morgan fingerprint density at radius 2 is 1.96 bits per heavy atom. The molecule has 2 saturated heterocycles. The molecule has 2 heterocycles. The lowest BCUT2D eigenvalue weighted by molar-refractivity contribution is 0.239. The smallest absolute Gasteiger partial charge is 0.120 e. The molecule has 0 spiro atoms. The SMILES string of the molecule is CN1CCN(c2cccc3ccc(OCC4CCCCN4)cc23)CC1. The number of fused-ring (bicyclic) bond motifs is 1. The summed E-state index contributed by atoms with van der Waals surface area (Å²) in [4.78, 5) is 4.90. The van der Waals surface area contributed by atoms with Gasteiger partial charge in [0.25, 0.3) is 0 Å². The Labute approximate surface area is 150 Å². The van der Waals surface area contributed by atoms with Crippen LogP contribution >= 0.6 is 0 Å². The van der Waals surface area contributed by atoms with E-state index in [1.54, 1.807) is 0 Å². The summed E-state index contributed by atoms with van der Waals surface area (Å²) in [7, 11) is 2.20. The van der Waals surface area contributed by atoms with Crippen LogP contribution in [0.2, 0.25) is 0 Å². The minimum absolute atomic E-state index is 0.498. The Balaban J connectivity index is 1.53. The summed E-state index contributed by atoms with van der Waals surface area (Å²) in [5.74, 6) is 0.987. The van der Waals surface area contributed by atoms with Gasteiger partial charge in [-0.25, -0.2) is 0 Å². The minimum atomic E-state index is 0.498. The molecule has 1 unspecified atom stereocenters. The van der Waals surface area contributed by atoms with Crippen LogP contribution in [-0.4, -0.2) is 57.3 Å². The van der Waals surface area contributed by atoms with Crippen LogP contribution < -0.4 is 15.0 Å². The predicted molar refractivity (Wildman–Crippen MR) is 105 cm³/mol. The second-order valence-corrected chi connectivity index (χ2v) is 7.41. The van der Waals surface area contributed by atoms with Gasteiger partial charge in [0.05, 0.1) is 0 Å². The normalized spacial score (nSPS) is 22.3. The molecule has 1 N–H and O–H groups in total. The predicted octanol–water partition coefficient (Wildman–Crippen LogP) is 3.11. The lowest BCUT2D eigenvalue weighted by Crippen LogP contribution is -2.44. The van der Waals surface area contributed by atoms with Crippen molar-refractivity contribution in [1.29, 1.82) is 0 Å². The molecule has 2 fully saturated rings. The second kappa shape index (κ2) is 7.63. The monoisotopic (exact) mass is 339 g/mol. The molecule has 0 aromatic heterocycles. The first kappa shape index (κ1) is 16.7. The van der Waals surface area contributed by atoms with Gasteiger partial charge in [-0.3, -0.25) is 0 Å². The van der Waals surface area contributed by atoms with E-state index < -0.39 is 0 Å². The van der Waals surface area contributed by atoms with Crippen LogP contribution in [0.25, 0.3) is 10.8 Å². The van der Waals surface area contributed by atoms with Crippen LogP contribution in [-0.2, 0) is 0 Å². The van der Waals surface area contributed by atoms with Crippen molar-refractivity contribution < 1.29 is 4.74 Å². The van der Waals surface area contributed by atoms with Crippen molar-refractivity contribution in [3.63, 3.8) is 0 Å². The highest BCUT2D eigenvalue weighted by molar-refractivity contribution is 5.95. The van der Waals surface area contributed by atoms with Crippen molar-refractivity contribution >= 4 is 16.5 Å². The van der Waals surface area contributed by atoms with Gasteiger partial charge in [0.1, 0.15) is 12.4 Å². The van der Waals surface area contributed by atoms with Crippen molar-refractivity contribution in [2.45, 2.75) is 25.3 Å². The first-order valence-corrected chi connectivity index (χ1v) is 9.62. The summed E-state index contributed by atoms with van der Waals surface area (Å²) in [6.07, 6.45) is 3.83. The van der Waals surface area contributed by atoms with E-state index in [1.165, 1.54) is 35.7 Å². The van der Waals surface area contributed by atoms with Crippen LogP contribution in [0.5, 0.6) is 5.75 Å². The number of nitrogens with one attached hydrogen (secondary N) is 1. The van der Waals surface area contributed by atoms with Gasteiger partial charge in [0.15, 0.2) is 0 Å². The highest BCUT2D eigenvalue weighted by atomic mass is 16.5. The first-order chi connectivity index (χ1) is 12.3. The standard InChI is InChI=1S/C21H29N3O/c1-23-11-13-24(14-12-23)21-7-4-5-17-8-9-19(15-20(17)21)25-16-18-6-2-3-10-22-18/h4-5,7-9,15,18,22H,2-3,6,10-14,16H2,1H3. The largest absolute Gasteiger partial charge is 0.492 e. The molecule has 4 nitrogen and oxygen atoms in total. The average Bonchev–Trinajstić information content (AvgIpc) is 2.67. The van der Waals surface area contributed by atoms with Crippen LogP contribution in [0.15, 0.2) is 36.4 Å². The number of piperidine rings is 1. The number of likely N-dealkylation sites (N-methyl/N-ethyl adjacent to an activating group) is 1. The molecular formula is C21H29N3O. The van der Waals surface area contributed by atoms with Gasteiger partial charge in [-0.1, -0.05) is 24.6 Å². The maximum atomic E-state index is 6.12. The van der Waals surface area contributed by atoms with Crippen LogP contribution in [0.3, 0.4) is 0 Å². The topological polar surface area (TPSA) is 27.7 Å². The Bertz CT molecular complexity index is 703. The van der Waals surface area contributed by atoms with Crippen molar-refractivity contribution in [3.8, 4) is 5.75 Å². The third-order valence-electron chi connectivity index (χ3n) is 5.54. The van der Waals surface area contributed by atoms with Gasteiger partial charge in [-0.2, -0.15) is 0 Å². The molecule has 0 radical (unpaired) electrons. The van der Waals surface area contributed by atoms with Gasteiger partial charge in [0.2, 0.25) is 0 Å². The molecule has 4 rings (SSSR count). The fraction of sp³-hybridized carbons (Fsp3) is 0.524. The molecule has 0 bridgehead atoms. The summed E-state index contributed by atoms with van der Waals surface area (Å²) >= 11 is 0. The molecule has 2 aromatic rings. The zero-order valence-corrected chi connectivity index (χ0v) is 15.2. The Kier molecular flexibility index (Phi) is 5.09. The van der Waals surface area contributed by atoms with Crippen molar-refractivity contribution in [2.24, 2.45) is 0 Å².